The molecular weight excluding hydrogens is 613 g/mol. The lowest BCUT2D eigenvalue weighted by Crippen LogP contribution is -2.11. The summed E-state index contributed by atoms with van der Waals surface area (Å²) in [5, 5.41) is 7.64. The maximum atomic E-state index is 2.47. The van der Waals surface area contributed by atoms with E-state index in [4.69, 9.17) is 0 Å². The van der Waals surface area contributed by atoms with Crippen molar-refractivity contribution < 1.29 is 0 Å². The second-order valence-electron chi connectivity index (χ2n) is 12.5. The van der Waals surface area contributed by atoms with Crippen LogP contribution in [-0.4, -0.2) is 4.57 Å². The van der Waals surface area contributed by atoms with Gasteiger partial charge in [0.05, 0.1) is 22.4 Å². The van der Waals surface area contributed by atoms with Crippen LogP contribution in [-0.2, 0) is 0 Å². The molecule has 0 atom stereocenters. The molecule has 2 nitrogen and oxygen atoms in total. The largest absolute Gasteiger partial charge is 0.309 e. The zero-order valence-electron chi connectivity index (χ0n) is 26.6. The lowest BCUT2D eigenvalue weighted by Gasteiger charge is -2.29. The quantitative estimate of drug-likeness (QED) is 0.181. The molecule has 0 unspecified atom stereocenters. The predicted octanol–water partition coefficient (Wildman–Crippen LogP) is 13.4. The number of anilines is 3. The van der Waals surface area contributed by atoms with Crippen molar-refractivity contribution in [3.05, 3.63) is 182 Å². The first kappa shape index (κ1) is 27.9. The normalized spacial score (nSPS) is 11.7. The van der Waals surface area contributed by atoms with Gasteiger partial charge in [-0.05, 0) is 77.0 Å². The molecule has 0 amide bonds. The number of para-hydroxylation sites is 3. The molecule has 0 aliphatic rings. The minimum absolute atomic E-state index is 1.12. The van der Waals surface area contributed by atoms with Crippen molar-refractivity contribution in [3.63, 3.8) is 0 Å². The second kappa shape index (κ2) is 11.2. The van der Waals surface area contributed by atoms with Gasteiger partial charge in [0.2, 0.25) is 0 Å². The first-order valence-electron chi connectivity index (χ1n) is 16.7. The molecule has 2 heterocycles. The van der Waals surface area contributed by atoms with E-state index >= 15 is 0 Å². The highest BCUT2D eigenvalue weighted by atomic mass is 32.1. The van der Waals surface area contributed by atoms with E-state index in [1.54, 1.807) is 0 Å². The zero-order valence-corrected chi connectivity index (χ0v) is 27.4. The average molecular weight is 643 g/mol. The SMILES string of the molecule is c1ccc(-c2ccccc2N(c2ccc3c(ccc4sc5ccccc5c43)c2)c2cccc3c2c2ccccc2n3-c2ccccc2)cc1. The van der Waals surface area contributed by atoms with Crippen LogP contribution in [0.25, 0.3) is 69.6 Å². The van der Waals surface area contributed by atoms with Crippen LogP contribution in [0.15, 0.2) is 182 Å². The molecule has 0 fully saturated rings. The Kier molecular flexibility index (Phi) is 6.39. The van der Waals surface area contributed by atoms with Crippen molar-refractivity contribution in [2.24, 2.45) is 0 Å². The van der Waals surface area contributed by atoms with Crippen molar-refractivity contribution in [3.8, 4) is 16.8 Å². The summed E-state index contributed by atoms with van der Waals surface area (Å²) < 4.78 is 5.05. The van der Waals surface area contributed by atoms with Gasteiger partial charge in [-0.2, -0.15) is 0 Å². The summed E-state index contributed by atoms with van der Waals surface area (Å²) in [5.41, 5.74) is 9.31. The average Bonchev–Trinajstić information content (AvgIpc) is 3.72. The Morgan fingerprint density at radius 2 is 1.12 bits per heavy atom. The second-order valence-corrected chi connectivity index (χ2v) is 13.6. The summed E-state index contributed by atoms with van der Waals surface area (Å²) in [6, 6.07) is 66.2. The summed E-state index contributed by atoms with van der Waals surface area (Å²) in [5.74, 6) is 0. The van der Waals surface area contributed by atoms with Crippen LogP contribution in [0, 0.1) is 0 Å². The lowest BCUT2D eigenvalue weighted by atomic mass is 9.99. The summed E-state index contributed by atoms with van der Waals surface area (Å²) in [7, 11) is 0. The van der Waals surface area contributed by atoms with Crippen LogP contribution in [0.3, 0.4) is 0 Å². The Morgan fingerprint density at radius 1 is 0.429 bits per heavy atom. The van der Waals surface area contributed by atoms with E-state index in [-0.39, 0.29) is 0 Å². The third-order valence-electron chi connectivity index (χ3n) is 9.76. The van der Waals surface area contributed by atoms with Crippen LogP contribution >= 0.6 is 11.3 Å². The van der Waals surface area contributed by atoms with E-state index in [0.717, 1.165) is 22.7 Å². The lowest BCUT2D eigenvalue weighted by molar-refractivity contribution is 1.18. The van der Waals surface area contributed by atoms with E-state index in [1.165, 1.54) is 63.9 Å². The standard InChI is InChI=1S/C46H30N2S/c1-3-14-31(15-4-1)35-18-7-10-21-39(35)48(34-27-28-36-32(30-34)26-29-44-45(36)38-20-9-12-25-43(38)49-44)42-24-13-23-41-46(42)37-19-8-11-22-40(37)47(41)33-16-5-2-6-17-33/h1-30H. The molecule has 10 rings (SSSR count). The fourth-order valence-corrected chi connectivity index (χ4v) is 8.78. The van der Waals surface area contributed by atoms with Crippen molar-refractivity contribution >= 4 is 81.1 Å². The first-order chi connectivity index (χ1) is 24.3. The van der Waals surface area contributed by atoms with Gasteiger partial charge < -0.3 is 9.47 Å². The zero-order chi connectivity index (χ0) is 32.3. The van der Waals surface area contributed by atoms with Gasteiger partial charge in [-0.1, -0.05) is 121 Å². The summed E-state index contributed by atoms with van der Waals surface area (Å²) in [4.78, 5) is 2.47. The van der Waals surface area contributed by atoms with E-state index in [1.807, 2.05) is 11.3 Å². The van der Waals surface area contributed by atoms with Crippen LogP contribution in [0.1, 0.15) is 0 Å². The molecular formula is C46H30N2S. The highest BCUT2D eigenvalue weighted by Gasteiger charge is 2.23. The molecule has 0 saturated heterocycles. The fourth-order valence-electron chi connectivity index (χ4n) is 7.66. The molecule has 0 bridgehead atoms. The van der Waals surface area contributed by atoms with E-state index < -0.39 is 0 Å². The number of hydrogen-bond donors (Lipinski definition) is 0. The monoisotopic (exact) mass is 642 g/mol. The van der Waals surface area contributed by atoms with Gasteiger partial charge in [-0.15, -0.1) is 11.3 Å². The van der Waals surface area contributed by atoms with Crippen LogP contribution < -0.4 is 4.90 Å². The highest BCUT2D eigenvalue weighted by molar-refractivity contribution is 7.26. The van der Waals surface area contributed by atoms with Crippen molar-refractivity contribution in [1.82, 2.24) is 4.57 Å². The fraction of sp³-hybridized carbons (Fsp3) is 0. The van der Waals surface area contributed by atoms with Gasteiger partial charge in [0.1, 0.15) is 0 Å². The van der Waals surface area contributed by atoms with E-state index in [2.05, 4.69) is 191 Å². The topological polar surface area (TPSA) is 8.17 Å². The summed E-state index contributed by atoms with van der Waals surface area (Å²) in [6.45, 7) is 0. The number of hydrogen-bond acceptors (Lipinski definition) is 2. The summed E-state index contributed by atoms with van der Waals surface area (Å²) >= 11 is 1.87. The minimum atomic E-state index is 1.12. The van der Waals surface area contributed by atoms with Gasteiger partial charge in [-0.25, -0.2) is 0 Å². The number of aromatic nitrogens is 1. The van der Waals surface area contributed by atoms with E-state index in [0.29, 0.717) is 0 Å². The van der Waals surface area contributed by atoms with Gasteiger partial charge in [-0.3, -0.25) is 0 Å². The Bertz CT molecular complexity index is 2830. The maximum Gasteiger partial charge on any atom is 0.0562 e. The molecule has 10 aromatic rings. The molecule has 2 aromatic heterocycles. The molecule has 0 aliphatic carbocycles. The molecule has 3 heteroatoms. The van der Waals surface area contributed by atoms with Gasteiger partial charge in [0.25, 0.3) is 0 Å². The number of nitrogens with zero attached hydrogens (tertiary/aromatic N) is 2. The van der Waals surface area contributed by atoms with Crippen LogP contribution in [0.5, 0.6) is 0 Å². The molecule has 0 saturated carbocycles. The maximum absolute atomic E-state index is 2.47. The molecule has 0 radical (unpaired) electrons. The van der Waals surface area contributed by atoms with Crippen LogP contribution in [0.2, 0.25) is 0 Å². The van der Waals surface area contributed by atoms with Crippen molar-refractivity contribution in [2.75, 3.05) is 4.90 Å². The Balaban J connectivity index is 1.29. The van der Waals surface area contributed by atoms with Gasteiger partial charge in [0, 0.05) is 47.9 Å². The number of fused-ring (bicyclic) bond motifs is 8. The van der Waals surface area contributed by atoms with Crippen molar-refractivity contribution in [2.45, 2.75) is 0 Å². The third kappa shape index (κ3) is 4.40. The first-order valence-corrected chi connectivity index (χ1v) is 17.5. The molecule has 230 valence electrons. The number of thiophene rings is 1. The smallest absolute Gasteiger partial charge is 0.0562 e. The molecule has 0 N–H and O–H groups in total. The molecule has 0 aliphatic heterocycles. The molecule has 49 heavy (non-hydrogen) atoms. The molecule has 0 spiro atoms. The van der Waals surface area contributed by atoms with E-state index in [9.17, 15) is 0 Å². The highest BCUT2D eigenvalue weighted by Crippen LogP contribution is 2.47. The van der Waals surface area contributed by atoms with Crippen molar-refractivity contribution in [1.29, 1.82) is 0 Å². The van der Waals surface area contributed by atoms with Gasteiger partial charge in [0.15, 0.2) is 0 Å². The minimum Gasteiger partial charge on any atom is -0.309 e. The summed E-state index contributed by atoms with van der Waals surface area (Å²) in [6.07, 6.45) is 0. The molecule has 8 aromatic carbocycles. The Hall–Kier alpha value is -6.16. The number of benzene rings is 8. The Labute approximate surface area is 288 Å². The van der Waals surface area contributed by atoms with Crippen LogP contribution in [0.4, 0.5) is 17.1 Å². The third-order valence-corrected chi connectivity index (χ3v) is 10.9. The van der Waals surface area contributed by atoms with Gasteiger partial charge >= 0.3 is 0 Å². The number of rotatable bonds is 5. The predicted molar refractivity (Wildman–Crippen MR) is 211 cm³/mol. The Morgan fingerprint density at radius 3 is 2.00 bits per heavy atom.